The van der Waals surface area contributed by atoms with Crippen molar-refractivity contribution in [1.82, 2.24) is 19.7 Å². The number of pyridine rings is 1. The van der Waals surface area contributed by atoms with Crippen LogP contribution in [0.2, 0.25) is 0 Å². The molecule has 0 amide bonds. The molecule has 5 heteroatoms. The first kappa shape index (κ1) is 15.7. The van der Waals surface area contributed by atoms with Gasteiger partial charge in [0.05, 0.1) is 24.5 Å². The Balaban J connectivity index is 2.11. The molecule has 0 radical (unpaired) electrons. The van der Waals surface area contributed by atoms with Crippen LogP contribution in [0.15, 0.2) is 24.4 Å². The van der Waals surface area contributed by atoms with Crippen LogP contribution in [0.4, 0.5) is 0 Å². The van der Waals surface area contributed by atoms with Gasteiger partial charge in [-0.25, -0.2) is 0 Å². The fraction of sp³-hybridized carbons (Fsp3) is 0.500. The molecule has 0 bridgehead atoms. The van der Waals surface area contributed by atoms with E-state index in [0.29, 0.717) is 6.54 Å². The van der Waals surface area contributed by atoms with Gasteiger partial charge in [0, 0.05) is 30.5 Å². The van der Waals surface area contributed by atoms with Crippen LogP contribution in [0, 0.1) is 13.8 Å². The number of hydrogen-bond donors (Lipinski definition) is 1. The topological polar surface area (TPSA) is 54.2 Å². The van der Waals surface area contributed by atoms with Gasteiger partial charge in [-0.3, -0.25) is 14.6 Å². The molecule has 2 aromatic heterocycles. The molecule has 0 saturated carbocycles. The highest BCUT2D eigenvalue weighted by Gasteiger charge is 2.14. The van der Waals surface area contributed by atoms with Gasteiger partial charge in [0.15, 0.2) is 0 Å². The van der Waals surface area contributed by atoms with Crippen molar-refractivity contribution in [2.24, 2.45) is 0 Å². The predicted molar refractivity (Wildman–Crippen MR) is 82.8 cm³/mol. The standard InChI is InChI=1S/C16H24N4O/c1-4-19(11-15-7-5-6-8-17-15)12-16-13(2)18-20(9-10-21)14(16)3/h5-8,21H,4,9-12H2,1-3H3. The lowest BCUT2D eigenvalue weighted by molar-refractivity contribution is 0.263. The second-order valence-electron chi connectivity index (χ2n) is 5.22. The van der Waals surface area contributed by atoms with Gasteiger partial charge >= 0.3 is 0 Å². The average Bonchev–Trinajstić information content (AvgIpc) is 2.75. The Morgan fingerprint density at radius 2 is 2.05 bits per heavy atom. The molecule has 0 aliphatic heterocycles. The average molecular weight is 288 g/mol. The zero-order chi connectivity index (χ0) is 15.2. The smallest absolute Gasteiger partial charge is 0.0644 e. The summed E-state index contributed by atoms with van der Waals surface area (Å²) in [6.07, 6.45) is 1.83. The normalized spacial score (nSPS) is 11.3. The third kappa shape index (κ3) is 3.89. The highest BCUT2D eigenvalue weighted by atomic mass is 16.3. The number of aliphatic hydroxyl groups is 1. The molecule has 0 aliphatic rings. The van der Waals surface area contributed by atoms with E-state index >= 15 is 0 Å². The Hall–Kier alpha value is -1.72. The van der Waals surface area contributed by atoms with E-state index in [9.17, 15) is 0 Å². The van der Waals surface area contributed by atoms with E-state index in [1.807, 2.05) is 29.9 Å². The summed E-state index contributed by atoms with van der Waals surface area (Å²) in [5.74, 6) is 0. The lowest BCUT2D eigenvalue weighted by atomic mass is 10.1. The summed E-state index contributed by atoms with van der Waals surface area (Å²) in [6, 6.07) is 6.01. The summed E-state index contributed by atoms with van der Waals surface area (Å²) < 4.78 is 1.89. The number of aliphatic hydroxyl groups excluding tert-OH is 1. The number of aryl methyl sites for hydroxylation is 1. The summed E-state index contributed by atoms with van der Waals surface area (Å²) in [5.41, 5.74) is 4.51. The van der Waals surface area contributed by atoms with Crippen LogP contribution in [0.25, 0.3) is 0 Å². The zero-order valence-electron chi connectivity index (χ0n) is 13.1. The minimum Gasteiger partial charge on any atom is -0.394 e. The summed E-state index contributed by atoms with van der Waals surface area (Å²) in [5, 5.41) is 13.6. The number of rotatable bonds is 7. The van der Waals surface area contributed by atoms with E-state index in [2.05, 4.69) is 34.9 Å². The van der Waals surface area contributed by atoms with Gasteiger partial charge in [0.25, 0.3) is 0 Å². The van der Waals surface area contributed by atoms with Crippen LogP contribution >= 0.6 is 0 Å². The Morgan fingerprint density at radius 1 is 1.24 bits per heavy atom. The summed E-state index contributed by atoms with van der Waals surface area (Å²) >= 11 is 0. The third-order valence-corrected chi connectivity index (χ3v) is 3.78. The fourth-order valence-corrected chi connectivity index (χ4v) is 2.50. The summed E-state index contributed by atoms with van der Waals surface area (Å²) in [6.45, 7) is 9.58. The molecular formula is C16H24N4O. The fourth-order valence-electron chi connectivity index (χ4n) is 2.50. The minimum atomic E-state index is 0.118. The van der Waals surface area contributed by atoms with Crippen LogP contribution in [-0.2, 0) is 19.6 Å². The first-order chi connectivity index (χ1) is 10.2. The van der Waals surface area contributed by atoms with Crippen LogP contribution in [0.3, 0.4) is 0 Å². The molecule has 5 nitrogen and oxygen atoms in total. The Kier molecular flexibility index (Phi) is 5.47. The van der Waals surface area contributed by atoms with Gasteiger partial charge in [-0.2, -0.15) is 5.10 Å². The number of hydrogen-bond acceptors (Lipinski definition) is 4. The van der Waals surface area contributed by atoms with Crippen LogP contribution in [-0.4, -0.2) is 37.9 Å². The van der Waals surface area contributed by atoms with Crippen molar-refractivity contribution in [3.8, 4) is 0 Å². The molecule has 0 aliphatic carbocycles. The van der Waals surface area contributed by atoms with E-state index in [-0.39, 0.29) is 6.61 Å². The lowest BCUT2D eigenvalue weighted by Crippen LogP contribution is -2.23. The maximum Gasteiger partial charge on any atom is 0.0644 e. The first-order valence-electron chi connectivity index (χ1n) is 7.41. The molecule has 2 aromatic rings. The van der Waals surface area contributed by atoms with Crippen molar-refractivity contribution in [2.75, 3.05) is 13.2 Å². The summed E-state index contributed by atoms with van der Waals surface area (Å²) in [4.78, 5) is 6.74. The largest absolute Gasteiger partial charge is 0.394 e. The van der Waals surface area contributed by atoms with E-state index in [1.165, 1.54) is 5.56 Å². The van der Waals surface area contributed by atoms with Crippen LogP contribution in [0.1, 0.15) is 29.6 Å². The maximum atomic E-state index is 9.09. The van der Waals surface area contributed by atoms with Crippen LogP contribution < -0.4 is 0 Å². The van der Waals surface area contributed by atoms with E-state index in [1.54, 1.807) is 0 Å². The molecule has 0 unspecified atom stereocenters. The SMILES string of the molecule is CCN(Cc1ccccn1)Cc1c(C)nn(CCO)c1C. The van der Waals surface area contributed by atoms with Crippen molar-refractivity contribution in [3.63, 3.8) is 0 Å². The predicted octanol–water partition coefficient (Wildman–Crippen LogP) is 1.91. The Bertz CT molecular complexity index is 565. The van der Waals surface area contributed by atoms with Gasteiger partial charge in [-0.1, -0.05) is 13.0 Å². The summed E-state index contributed by atoms with van der Waals surface area (Å²) in [7, 11) is 0. The Labute approximate surface area is 126 Å². The van der Waals surface area contributed by atoms with Gasteiger partial charge < -0.3 is 5.11 Å². The molecule has 0 spiro atoms. The molecular weight excluding hydrogens is 264 g/mol. The van der Waals surface area contributed by atoms with E-state index in [0.717, 1.165) is 36.7 Å². The van der Waals surface area contributed by atoms with Gasteiger partial charge in [0.1, 0.15) is 0 Å². The van der Waals surface area contributed by atoms with Crippen molar-refractivity contribution in [1.29, 1.82) is 0 Å². The molecule has 114 valence electrons. The van der Waals surface area contributed by atoms with E-state index in [4.69, 9.17) is 5.11 Å². The molecule has 0 aromatic carbocycles. The van der Waals surface area contributed by atoms with Gasteiger partial charge in [-0.15, -0.1) is 0 Å². The molecule has 1 N–H and O–H groups in total. The molecule has 21 heavy (non-hydrogen) atoms. The van der Waals surface area contributed by atoms with E-state index < -0.39 is 0 Å². The lowest BCUT2D eigenvalue weighted by Gasteiger charge is -2.20. The second kappa shape index (κ2) is 7.33. The molecule has 0 saturated heterocycles. The molecule has 0 fully saturated rings. The quantitative estimate of drug-likeness (QED) is 0.845. The van der Waals surface area contributed by atoms with Crippen LogP contribution in [0.5, 0.6) is 0 Å². The van der Waals surface area contributed by atoms with Crippen molar-refractivity contribution in [2.45, 2.75) is 40.4 Å². The Morgan fingerprint density at radius 3 is 2.67 bits per heavy atom. The highest BCUT2D eigenvalue weighted by Crippen LogP contribution is 2.16. The van der Waals surface area contributed by atoms with Crippen molar-refractivity contribution < 1.29 is 5.11 Å². The highest BCUT2D eigenvalue weighted by molar-refractivity contribution is 5.24. The van der Waals surface area contributed by atoms with Gasteiger partial charge in [0.2, 0.25) is 0 Å². The van der Waals surface area contributed by atoms with Gasteiger partial charge in [-0.05, 0) is 32.5 Å². The number of nitrogens with zero attached hydrogens (tertiary/aromatic N) is 4. The monoisotopic (exact) mass is 288 g/mol. The molecule has 2 heterocycles. The zero-order valence-corrected chi connectivity index (χ0v) is 13.1. The molecule has 2 rings (SSSR count). The van der Waals surface area contributed by atoms with Crippen molar-refractivity contribution >= 4 is 0 Å². The minimum absolute atomic E-state index is 0.118. The van der Waals surface area contributed by atoms with Crippen molar-refractivity contribution in [3.05, 3.63) is 47.0 Å². The third-order valence-electron chi connectivity index (χ3n) is 3.78. The number of aromatic nitrogens is 3. The molecule has 0 atom stereocenters. The maximum absolute atomic E-state index is 9.09. The first-order valence-corrected chi connectivity index (χ1v) is 7.41. The second-order valence-corrected chi connectivity index (χ2v) is 5.22.